The van der Waals surface area contributed by atoms with Gasteiger partial charge in [-0.1, -0.05) is 0 Å². The second kappa shape index (κ2) is 3.35. The summed E-state index contributed by atoms with van der Waals surface area (Å²) in [6.45, 7) is -1.81. The van der Waals surface area contributed by atoms with Crippen molar-refractivity contribution in [1.29, 1.82) is 0 Å². The Morgan fingerprint density at radius 2 is 2.77 bits per heavy atom. The molecular formula is C8H12N2O3. The molecule has 1 aliphatic rings. The molecule has 0 unspecified atom stereocenters. The fourth-order valence-electron chi connectivity index (χ4n) is 1.16. The van der Waals surface area contributed by atoms with Crippen LogP contribution in [-0.4, -0.2) is 40.3 Å². The molecule has 0 spiro atoms. The van der Waals surface area contributed by atoms with E-state index in [1.54, 1.807) is 0 Å². The number of aliphatic hydroxyl groups excluding tert-OH is 1. The van der Waals surface area contributed by atoms with Crippen molar-refractivity contribution in [3.8, 4) is 5.88 Å². The average Bonchev–Trinajstić information content (AvgIpc) is 2.76. The van der Waals surface area contributed by atoms with Crippen molar-refractivity contribution in [2.75, 3.05) is 13.2 Å². The Hall–Kier alpha value is -1.07. The van der Waals surface area contributed by atoms with Gasteiger partial charge in [-0.15, -0.1) is 5.10 Å². The zero-order chi connectivity index (χ0) is 11.8. The van der Waals surface area contributed by atoms with Crippen LogP contribution >= 0.6 is 0 Å². The highest BCUT2D eigenvalue weighted by molar-refractivity contribution is 5.06. The van der Waals surface area contributed by atoms with Crippen LogP contribution in [0, 0.1) is 0 Å². The molecule has 0 aliphatic carbocycles. The molecule has 2 rings (SSSR count). The van der Waals surface area contributed by atoms with Gasteiger partial charge in [0.05, 0.1) is 13.2 Å². The van der Waals surface area contributed by atoms with Crippen molar-refractivity contribution >= 4 is 0 Å². The van der Waals surface area contributed by atoms with E-state index in [4.69, 9.17) is 13.6 Å². The molecule has 72 valence electrons. The quantitative estimate of drug-likeness (QED) is 0.682. The summed E-state index contributed by atoms with van der Waals surface area (Å²) in [4.78, 5) is 0. The molecule has 0 aromatic carbocycles. The second-order valence-electron chi connectivity index (χ2n) is 2.86. The van der Waals surface area contributed by atoms with Gasteiger partial charge in [0.1, 0.15) is 6.10 Å². The van der Waals surface area contributed by atoms with E-state index in [-0.39, 0.29) is 19.1 Å². The van der Waals surface area contributed by atoms with Crippen molar-refractivity contribution < 1.29 is 18.7 Å². The van der Waals surface area contributed by atoms with Crippen molar-refractivity contribution in [2.24, 2.45) is 6.98 Å². The Balaban J connectivity index is 2.03. The number of nitrogens with zero attached hydrogens (tertiary/aromatic N) is 2. The van der Waals surface area contributed by atoms with Gasteiger partial charge >= 0.3 is 0 Å². The van der Waals surface area contributed by atoms with Gasteiger partial charge in [0.15, 0.2) is 6.10 Å². The minimum absolute atomic E-state index is 0.172. The molecule has 2 atom stereocenters. The summed E-state index contributed by atoms with van der Waals surface area (Å²) in [7, 11) is 0. The van der Waals surface area contributed by atoms with E-state index in [1.165, 1.54) is 12.3 Å². The summed E-state index contributed by atoms with van der Waals surface area (Å²) in [5.74, 6) is 0.172. The van der Waals surface area contributed by atoms with Crippen LogP contribution in [0.3, 0.4) is 0 Å². The Bertz CT molecular complexity index is 366. The van der Waals surface area contributed by atoms with E-state index >= 15 is 0 Å². The summed E-state index contributed by atoms with van der Waals surface area (Å²) in [6.07, 6.45) is 0.128. The number of aromatic nitrogens is 2. The Morgan fingerprint density at radius 1 is 1.85 bits per heavy atom. The Labute approximate surface area is 80.1 Å². The SMILES string of the molecule is [2H]C([2H])([2H])n1ccc(O[C@@H]2COC[C@H]2O)n1. The molecule has 5 heteroatoms. The topological polar surface area (TPSA) is 56.5 Å². The van der Waals surface area contributed by atoms with E-state index in [0.29, 0.717) is 0 Å². The first-order valence-electron chi connectivity index (χ1n) is 5.45. The highest BCUT2D eigenvalue weighted by Gasteiger charge is 2.28. The molecule has 0 amide bonds. The van der Waals surface area contributed by atoms with E-state index in [1.807, 2.05) is 0 Å². The molecule has 2 heterocycles. The standard InChI is InChI=1S/C8H12N2O3/c1-10-3-2-8(9-10)13-7-5-12-4-6(7)11/h2-3,6-7,11H,4-5H2,1H3/t6-,7-/m1/s1/i1D3. The van der Waals surface area contributed by atoms with Gasteiger partial charge in [0.25, 0.3) is 0 Å². The molecule has 1 saturated heterocycles. The fourth-order valence-corrected chi connectivity index (χ4v) is 1.16. The molecule has 1 fully saturated rings. The first-order valence-corrected chi connectivity index (χ1v) is 3.95. The average molecular weight is 187 g/mol. The lowest BCUT2D eigenvalue weighted by molar-refractivity contribution is 0.0700. The Morgan fingerprint density at radius 3 is 3.38 bits per heavy atom. The van der Waals surface area contributed by atoms with Crippen LogP contribution in [0.2, 0.25) is 0 Å². The summed E-state index contributed by atoms with van der Waals surface area (Å²) in [5, 5.41) is 13.2. The van der Waals surface area contributed by atoms with Crippen molar-refractivity contribution in [1.82, 2.24) is 9.78 Å². The van der Waals surface area contributed by atoms with E-state index in [9.17, 15) is 5.11 Å². The van der Waals surface area contributed by atoms with Crippen LogP contribution in [0.15, 0.2) is 12.3 Å². The lowest BCUT2D eigenvalue weighted by Crippen LogP contribution is -2.29. The van der Waals surface area contributed by atoms with Gasteiger partial charge in [0.2, 0.25) is 5.88 Å². The third kappa shape index (κ3) is 1.81. The fraction of sp³-hybridized carbons (Fsp3) is 0.625. The highest BCUT2D eigenvalue weighted by Crippen LogP contribution is 2.14. The molecule has 1 aromatic heterocycles. The number of rotatable bonds is 2. The van der Waals surface area contributed by atoms with Gasteiger partial charge in [0, 0.05) is 23.4 Å². The molecular weight excluding hydrogens is 172 g/mol. The third-order valence-electron chi connectivity index (χ3n) is 1.84. The van der Waals surface area contributed by atoms with Crippen LogP contribution in [0.1, 0.15) is 4.11 Å². The minimum atomic E-state index is -2.31. The maximum atomic E-state index is 9.42. The van der Waals surface area contributed by atoms with Crippen LogP contribution in [0.25, 0.3) is 0 Å². The van der Waals surface area contributed by atoms with Crippen LogP contribution in [0.5, 0.6) is 5.88 Å². The zero-order valence-corrected chi connectivity index (χ0v) is 6.88. The summed E-state index contributed by atoms with van der Waals surface area (Å²) < 4.78 is 32.5. The molecule has 0 bridgehead atoms. The predicted molar refractivity (Wildman–Crippen MR) is 44.4 cm³/mol. The molecule has 5 nitrogen and oxygen atoms in total. The number of aliphatic hydroxyl groups is 1. The molecule has 1 aliphatic heterocycles. The molecule has 1 aromatic rings. The minimum Gasteiger partial charge on any atom is -0.468 e. The first kappa shape index (κ1) is 5.62. The third-order valence-corrected chi connectivity index (χ3v) is 1.84. The maximum absolute atomic E-state index is 9.42. The van der Waals surface area contributed by atoms with Gasteiger partial charge in [-0.2, -0.15) is 0 Å². The van der Waals surface area contributed by atoms with Crippen molar-refractivity contribution in [2.45, 2.75) is 12.2 Å². The predicted octanol–water partition coefficient (Wildman–Crippen LogP) is -0.441. The summed E-state index contributed by atoms with van der Waals surface area (Å²) >= 11 is 0. The van der Waals surface area contributed by atoms with Gasteiger partial charge in [-0.25, -0.2) is 0 Å². The number of hydrogen-bond acceptors (Lipinski definition) is 4. The van der Waals surface area contributed by atoms with Crippen LogP contribution < -0.4 is 4.74 Å². The van der Waals surface area contributed by atoms with E-state index in [0.717, 1.165) is 4.68 Å². The molecule has 0 radical (unpaired) electrons. The largest absolute Gasteiger partial charge is 0.468 e. The summed E-state index contributed by atoms with van der Waals surface area (Å²) in [5.41, 5.74) is 0. The van der Waals surface area contributed by atoms with Crippen molar-refractivity contribution in [3.05, 3.63) is 12.3 Å². The van der Waals surface area contributed by atoms with Crippen LogP contribution in [0.4, 0.5) is 0 Å². The van der Waals surface area contributed by atoms with Crippen molar-refractivity contribution in [3.63, 3.8) is 0 Å². The van der Waals surface area contributed by atoms with E-state index in [2.05, 4.69) is 5.10 Å². The lowest BCUT2D eigenvalue weighted by Gasteiger charge is -2.12. The maximum Gasteiger partial charge on any atom is 0.233 e. The molecule has 1 N–H and O–H groups in total. The van der Waals surface area contributed by atoms with Crippen LogP contribution in [-0.2, 0) is 11.7 Å². The number of ether oxygens (including phenoxy) is 2. The van der Waals surface area contributed by atoms with Gasteiger partial charge in [-0.3, -0.25) is 4.68 Å². The van der Waals surface area contributed by atoms with E-state index < -0.39 is 19.2 Å². The highest BCUT2D eigenvalue weighted by atomic mass is 16.6. The molecule has 0 saturated carbocycles. The summed E-state index contributed by atoms with van der Waals surface area (Å²) in [6, 6.07) is 1.44. The lowest BCUT2D eigenvalue weighted by atomic mass is 10.3. The smallest absolute Gasteiger partial charge is 0.233 e. The number of aryl methyl sites for hydroxylation is 1. The molecule has 13 heavy (non-hydrogen) atoms. The van der Waals surface area contributed by atoms with Gasteiger partial charge < -0.3 is 14.6 Å². The second-order valence-corrected chi connectivity index (χ2v) is 2.86. The van der Waals surface area contributed by atoms with Gasteiger partial charge in [-0.05, 0) is 0 Å². The first-order chi connectivity index (χ1) is 7.47. The monoisotopic (exact) mass is 187 g/mol. The Kier molecular flexibility index (Phi) is 1.45. The number of hydrogen-bond donors (Lipinski definition) is 1. The zero-order valence-electron chi connectivity index (χ0n) is 9.88. The normalized spacial score (nSPS) is 32.2.